The van der Waals surface area contributed by atoms with Gasteiger partial charge in [0.2, 0.25) is 0 Å². The summed E-state index contributed by atoms with van der Waals surface area (Å²) in [6.45, 7) is 3.02. The number of nitrogens with zero attached hydrogens (tertiary/aromatic N) is 3. The van der Waals surface area contributed by atoms with Gasteiger partial charge in [0.25, 0.3) is 0 Å². The summed E-state index contributed by atoms with van der Waals surface area (Å²) in [5.41, 5.74) is 8.72. The fourth-order valence-electron chi connectivity index (χ4n) is 2.35. The molecule has 5 heteroatoms. The lowest BCUT2D eigenvalue weighted by atomic mass is 10.2. The number of rotatable bonds is 3. The molecule has 3 aromatic rings. The third-order valence-corrected chi connectivity index (χ3v) is 3.43. The van der Waals surface area contributed by atoms with Crippen LogP contribution in [0.4, 0.5) is 5.82 Å². The van der Waals surface area contributed by atoms with Gasteiger partial charge in [0, 0.05) is 23.3 Å². The van der Waals surface area contributed by atoms with Crippen LogP contribution >= 0.6 is 11.6 Å². The van der Waals surface area contributed by atoms with Gasteiger partial charge >= 0.3 is 0 Å². The predicted octanol–water partition coefficient (Wildman–Crippen LogP) is 3.74. The molecular weight excluding hydrogens is 272 g/mol. The van der Waals surface area contributed by atoms with Gasteiger partial charge in [-0.15, -0.1) is 0 Å². The maximum Gasteiger partial charge on any atom is 0.141 e. The highest BCUT2D eigenvalue weighted by atomic mass is 35.5. The number of fused-ring (bicyclic) bond motifs is 1. The second-order valence-corrected chi connectivity index (χ2v) is 5.13. The zero-order valence-corrected chi connectivity index (χ0v) is 11.9. The van der Waals surface area contributed by atoms with Crippen molar-refractivity contribution in [2.24, 2.45) is 0 Å². The fraction of sp³-hybridized carbons (Fsp3) is 0.200. The number of hydrogen-bond donors (Lipinski definition) is 1. The van der Waals surface area contributed by atoms with Crippen LogP contribution in [0.15, 0.2) is 36.5 Å². The van der Waals surface area contributed by atoms with Gasteiger partial charge in [-0.05, 0) is 36.8 Å². The third-order valence-electron chi connectivity index (χ3n) is 3.20. The van der Waals surface area contributed by atoms with Gasteiger partial charge in [0.15, 0.2) is 0 Å². The van der Waals surface area contributed by atoms with E-state index in [1.807, 2.05) is 30.3 Å². The normalized spacial score (nSPS) is 11.1. The summed E-state index contributed by atoms with van der Waals surface area (Å²) in [7, 11) is 0. The Morgan fingerprint density at radius 2 is 2.10 bits per heavy atom. The summed E-state index contributed by atoms with van der Waals surface area (Å²) < 4.78 is 2.18. The number of nitrogens with two attached hydrogens (primary N) is 1. The van der Waals surface area contributed by atoms with Crippen molar-refractivity contribution in [3.63, 3.8) is 0 Å². The molecular formula is C15H15ClN4. The fourth-order valence-corrected chi connectivity index (χ4v) is 2.52. The van der Waals surface area contributed by atoms with Crippen LogP contribution in [0, 0.1) is 0 Å². The summed E-state index contributed by atoms with van der Waals surface area (Å²) in [5.74, 6) is 1.40. The minimum Gasteiger partial charge on any atom is -0.384 e. The van der Waals surface area contributed by atoms with Gasteiger partial charge in [-0.25, -0.2) is 9.97 Å². The molecule has 20 heavy (non-hydrogen) atoms. The van der Waals surface area contributed by atoms with Crippen molar-refractivity contribution >= 4 is 28.5 Å². The van der Waals surface area contributed by atoms with Gasteiger partial charge in [0.1, 0.15) is 11.6 Å². The Bertz CT molecular complexity index is 764. The van der Waals surface area contributed by atoms with E-state index in [1.165, 1.54) is 0 Å². The monoisotopic (exact) mass is 286 g/mol. The van der Waals surface area contributed by atoms with E-state index < -0.39 is 0 Å². The van der Waals surface area contributed by atoms with Gasteiger partial charge in [-0.3, -0.25) is 0 Å². The zero-order valence-electron chi connectivity index (χ0n) is 11.2. The third kappa shape index (κ3) is 2.23. The van der Waals surface area contributed by atoms with Crippen LogP contribution in [0.2, 0.25) is 5.02 Å². The zero-order chi connectivity index (χ0) is 14.1. The number of aromatic nitrogens is 3. The number of nitrogen functional groups attached to an aromatic ring is 1. The van der Waals surface area contributed by atoms with Crippen molar-refractivity contribution in [1.82, 2.24) is 14.5 Å². The molecule has 0 atom stereocenters. The summed E-state index contributed by atoms with van der Waals surface area (Å²) >= 11 is 6.10. The van der Waals surface area contributed by atoms with Gasteiger partial charge < -0.3 is 10.3 Å². The van der Waals surface area contributed by atoms with E-state index in [1.54, 1.807) is 6.20 Å². The quantitative estimate of drug-likeness (QED) is 0.798. The topological polar surface area (TPSA) is 56.7 Å². The molecule has 0 aliphatic rings. The molecule has 4 nitrogen and oxygen atoms in total. The van der Waals surface area contributed by atoms with Crippen molar-refractivity contribution in [3.05, 3.63) is 41.6 Å². The first-order valence-corrected chi connectivity index (χ1v) is 6.94. The average Bonchev–Trinajstić information content (AvgIpc) is 2.78. The van der Waals surface area contributed by atoms with Crippen molar-refractivity contribution < 1.29 is 0 Å². The molecule has 0 radical (unpaired) electrons. The molecule has 3 rings (SSSR count). The smallest absolute Gasteiger partial charge is 0.141 e. The lowest BCUT2D eigenvalue weighted by molar-refractivity contribution is 0.704. The van der Waals surface area contributed by atoms with Crippen LogP contribution in [0.25, 0.3) is 22.4 Å². The molecule has 0 amide bonds. The number of aryl methyl sites for hydroxylation is 1. The van der Waals surface area contributed by atoms with E-state index in [9.17, 15) is 0 Å². The molecule has 0 spiro atoms. The van der Waals surface area contributed by atoms with Gasteiger partial charge in [-0.2, -0.15) is 0 Å². The number of anilines is 1. The Labute approximate surface area is 122 Å². The van der Waals surface area contributed by atoms with Crippen molar-refractivity contribution in [3.8, 4) is 11.4 Å². The number of benzene rings is 1. The first-order valence-electron chi connectivity index (χ1n) is 6.56. The van der Waals surface area contributed by atoms with Crippen LogP contribution in [0.1, 0.15) is 13.3 Å². The number of hydrogen-bond acceptors (Lipinski definition) is 3. The SMILES string of the molecule is CCCn1c(-c2ccnc(N)c2)nc2ccc(Cl)cc21. The van der Waals surface area contributed by atoms with Gasteiger partial charge in [-0.1, -0.05) is 18.5 Å². The Balaban J connectivity index is 2.26. The number of imidazole rings is 1. The highest BCUT2D eigenvalue weighted by Crippen LogP contribution is 2.27. The minimum atomic E-state index is 0.496. The van der Waals surface area contributed by atoms with E-state index in [2.05, 4.69) is 16.5 Å². The average molecular weight is 287 g/mol. The Kier molecular flexibility index (Phi) is 3.32. The summed E-state index contributed by atoms with van der Waals surface area (Å²) in [5, 5.41) is 0.718. The van der Waals surface area contributed by atoms with E-state index in [-0.39, 0.29) is 0 Å². The Morgan fingerprint density at radius 3 is 2.85 bits per heavy atom. The van der Waals surface area contributed by atoms with Crippen LogP contribution in [-0.4, -0.2) is 14.5 Å². The maximum absolute atomic E-state index is 6.10. The first kappa shape index (κ1) is 12.9. The van der Waals surface area contributed by atoms with Crippen LogP contribution in [-0.2, 0) is 6.54 Å². The molecule has 2 N–H and O–H groups in total. The van der Waals surface area contributed by atoms with E-state index in [0.717, 1.165) is 40.4 Å². The second-order valence-electron chi connectivity index (χ2n) is 4.69. The molecule has 102 valence electrons. The van der Waals surface area contributed by atoms with E-state index in [4.69, 9.17) is 22.3 Å². The predicted molar refractivity (Wildman–Crippen MR) is 82.7 cm³/mol. The van der Waals surface area contributed by atoms with Gasteiger partial charge in [0.05, 0.1) is 11.0 Å². The lowest BCUT2D eigenvalue weighted by Crippen LogP contribution is -2.00. The molecule has 0 saturated heterocycles. The minimum absolute atomic E-state index is 0.496. The highest BCUT2D eigenvalue weighted by Gasteiger charge is 2.12. The maximum atomic E-state index is 6.10. The Hall–Kier alpha value is -2.07. The standard InChI is InChI=1S/C15H15ClN4/c1-2-7-20-13-9-11(16)3-4-12(13)19-15(20)10-5-6-18-14(17)8-10/h3-6,8-9H,2,7H2,1H3,(H2,17,18). The van der Waals surface area contributed by atoms with Crippen LogP contribution < -0.4 is 5.73 Å². The van der Waals surface area contributed by atoms with Crippen molar-refractivity contribution in [2.75, 3.05) is 5.73 Å². The molecule has 0 aliphatic carbocycles. The number of pyridine rings is 1. The molecule has 1 aromatic carbocycles. The first-order chi connectivity index (χ1) is 9.69. The van der Waals surface area contributed by atoms with Crippen LogP contribution in [0.3, 0.4) is 0 Å². The lowest BCUT2D eigenvalue weighted by Gasteiger charge is -2.08. The molecule has 0 fully saturated rings. The second kappa shape index (κ2) is 5.13. The van der Waals surface area contributed by atoms with E-state index in [0.29, 0.717) is 5.82 Å². The molecule has 2 heterocycles. The Morgan fingerprint density at radius 1 is 1.25 bits per heavy atom. The van der Waals surface area contributed by atoms with E-state index >= 15 is 0 Å². The molecule has 0 saturated carbocycles. The molecule has 0 aliphatic heterocycles. The van der Waals surface area contributed by atoms with Crippen molar-refractivity contribution in [2.45, 2.75) is 19.9 Å². The summed E-state index contributed by atoms with van der Waals surface area (Å²) in [4.78, 5) is 8.73. The highest BCUT2D eigenvalue weighted by molar-refractivity contribution is 6.31. The molecule has 2 aromatic heterocycles. The summed E-state index contributed by atoms with van der Waals surface area (Å²) in [6.07, 6.45) is 2.72. The summed E-state index contributed by atoms with van der Waals surface area (Å²) in [6, 6.07) is 9.52. The molecule has 0 bridgehead atoms. The van der Waals surface area contributed by atoms with Crippen LogP contribution in [0.5, 0.6) is 0 Å². The largest absolute Gasteiger partial charge is 0.384 e. The number of halogens is 1. The molecule has 0 unspecified atom stereocenters. The van der Waals surface area contributed by atoms with Crippen molar-refractivity contribution in [1.29, 1.82) is 0 Å².